The van der Waals surface area contributed by atoms with Crippen molar-refractivity contribution >= 4 is 10.0 Å². The SMILES string of the molecule is CCC(NS(=O)(=O)CC1CCCC1)c1ncccc1C. The highest BCUT2D eigenvalue weighted by Gasteiger charge is 2.25. The molecule has 1 unspecified atom stereocenters. The Kier molecular flexibility index (Phi) is 5.16. The number of rotatable bonds is 6. The summed E-state index contributed by atoms with van der Waals surface area (Å²) < 4.78 is 27.4. The van der Waals surface area contributed by atoms with Crippen molar-refractivity contribution in [2.24, 2.45) is 5.92 Å². The number of pyridine rings is 1. The molecular weight excluding hydrogens is 272 g/mol. The third-order valence-corrected chi connectivity index (χ3v) is 5.59. The smallest absolute Gasteiger partial charge is 0.212 e. The fourth-order valence-corrected chi connectivity index (χ4v) is 4.71. The first-order valence-electron chi connectivity index (χ1n) is 7.43. The summed E-state index contributed by atoms with van der Waals surface area (Å²) in [5.74, 6) is 0.588. The lowest BCUT2D eigenvalue weighted by Crippen LogP contribution is -2.33. The molecule has 112 valence electrons. The summed E-state index contributed by atoms with van der Waals surface area (Å²) in [5.41, 5.74) is 1.87. The molecule has 1 heterocycles. The van der Waals surface area contributed by atoms with E-state index in [1.807, 2.05) is 26.0 Å². The standard InChI is InChI=1S/C15H24N2O2S/c1-3-14(15-12(2)7-6-10-16-15)17-20(18,19)11-13-8-4-5-9-13/h6-7,10,13-14,17H,3-5,8-9,11H2,1-2H3. The molecule has 4 nitrogen and oxygen atoms in total. The van der Waals surface area contributed by atoms with Crippen LogP contribution in [0.5, 0.6) is 0 Å². The van der Waals surface area contributed by atoms with E-state index >= 15 is 0 Å². The molecule has 0 aromatic carbocycles. The van der Waals surface area contributed by atoms with E-state index in [1.54, 1.807) is 6.20 Å². The number of hydrogen-bond donors (Lipinski definition) is 1. The van der Waals surface area contributed by atoms with Gasteiger partial charge in [-0.3, -0.25) is 4.98 Å². The minimum atomic E-state index is -3.23. The van der Waals surface area contributed by atoms with Crippen LogP contribution >= 0.6 is 0 Å². The van der Waals surface area contributed by atoms with Crippen LogP contribution in [0.4, 0.5) is 0 Å². The van der Waals surface area contributed by atoms with E-state index < -0.39 is 10.0 Å². The first-order chi connectivity index (χ1) is 9.52. The minimum absolute atomic E-state index is 0.220. The molecular formula is C15H24N2O2S. The lowest BCUT2D eigenvalue weighted by atomic mass is 10.1. The number of sulfonamides is 1. The van der Waals surface area contributed by atoms with Crippen LogP contribution < -0.4 is 4.72 Å². The molecule has 1 aromatic rings. The maximum absolute atomic E-state index is 12.3. The summed E-state index contributed by atoms with van der Waals surface area (Å²) in [6.45, 7) is 3.95. The zero-order valence-corrected chi connectivity index (χ0v) is 13.1. The van der Waals surface area contributed by atoms with Crippen LogP contribution in [0.25, 0.3) is 0 Å². The summed E-state index contributed by atoms with van der Waals surface area (Å²) in [5, 5.41) is 0. The van der Waals surface area contributed by atoms with Gasteiger partial charge >= 0.3 is 0 Å². The van der Waals surface area contributed by atoms with Crippen molar-refractivity contribution in [2.75, 3.05) is 5.75 Å². The second-order valence-corrected chi connectivity index (χ2v) is 7.51. The van der Waals surface area contributed by atoms with Gasteiger partial charge in [0, 0.05) is 6.20 Å². The lowest BCUT2D eigenvalue weighted by Gasteiger charge is -2.19. The third kappa shape index (κ3) is 4.03. The second-order valence-electron chi connectivity index (χ2n) is 5.72. The largest absolute Gasteiger partial charge is 0.259 e. The lowest BCUT2D eigenvalue weighted by molar-refractivity contribution is 0.521. The summed E-state index contributed by atoms with van der Waals surface area (Å²) in [6.07, 6.45) is 6.84. The van der Waals surface area contributed by atoms with Crippen molar-refractivity contribution in [2.45, 2.75) is 52.0 Å². The van der Waals surface area contributed by atoms with Gasteiger partial charge in [0.1, 0.15) is 0 Å². The summed E-state index contributed by atoms with van der Waals surface area (Å²) in [6, 6.07) is 3.62. The Morgan fingerprint density at radius 3 is 2.70 bits per heavy atom. The van der Waals surface area contributed by atoms with Crippen molar-refractivity contribution in [3.8, 4) is 0 Å². The van der Waals surface area contributed by atoms with Crippen LogP contribution in [0.15, 0.2) is 18.3 Å². The highest BCUT2D eigenvalue weighted by atomic mass is 32.2. The van der Waals surface area contributed by atoms with Gasteiger partial charge in [0.25, 0.3) is 0 Å². The van der Waals surface area contributed by atoms with Crippen molar-refractivity contribution < 1.29 is 8.42 Å². The molecule has 0 saturated heterocycles. The van der Waals surface area contributed by atoms with Gasteiger partial charge in [-0.2, -0.15) is 0 Å². The molecule has 1 aromatic heterocycles. The molecule has 1 saturated carbocycles. The molecule has 5 heteroatoms. The van der Waals surface area contributed by atoms with Crippen LogP contribution in [0.2, 0.25) is 0 Å². The third-order valence-electron chi connectivity index (χ3n) is 4.04. The van der Waals surface area contributed by atoms with Crippen LogP contribution in [-0.4, -0.2) is 19.2 Å². The molecule has 2 rings (SSSR count). The molecule has 0 radical (unpaired) electrons. The summed E-state index contributed by atoms with van der Waals surface area (Å²) in [4.78, 5) is 4.34. The van der Waals surface area contributed by atoms with E-state index in [-0.39, 0.29) is 11.8 Å². The van der Waals surface area contributed by atoms with Crippen molar-refractivity contribution in [1.29, 1.82) is 0 Å². The van der Waals surface area contributed by atoms with E-state index in [0.717, 1.165) is 36.9 Å². The van der Waals surface area contributed by atoms with E-state index in [9.17, 15) is 8.42 Å². The zero-order valence-electron chi connectivity index (χ0n) is 12.3. The monoisotopic (exact) mass is 296 g/mol. The fraction of sp³-hybridized carbons (Fsp3) is 0.667. The predicted octanol–water partition coefficient (Wildman–Crippen LogP) is 2.95. The molecule has 1 atom stereocenters. The number of nitrogens with one attached hydrogen (secondary N) is 1. The van der Waals surface area contributed by atoms with Crippen LogP contribution in [0, 0.1) is 12.8 Å². The predicted molar refractivity (Wildman–Crippen MR) is 80.9 cm³/mol. The van der Waals surface area contributed by atoms with Crippen LogP contribution in [0.1, 0.15) is 56.3 Å². The van der Waals surface area contributed by atoms with Gasteiger partial charge in [-0.25, -0.2) is 13.1 Å². The first kappa shape index (κ1) is 15.4. The quantitative estimate of drug-likeness (QED) is 0.878. The maximum atomic E-state index is 12.3. The summed E-state index contributed by atoms with van der Waals surface area (Å²) >= 11 is 0. The fourth-order valence-electron chi connectivity index (χ4n) is 2.95. The first-order valence-corrected chi connectivity index (χ1v) is 9.08. The Morgan fingerprint density at radius 1 is 1.40 bits per heavy atom. The Labute approximate surface area is 122 Å². The average molecular weight is 296 g/mol. The van der Waals surface area contributed by atoms with Gasteiger partial charge in [0.2, 0.25) is 10.0 Å². The maximum Gasteiger partial charge on any atom is 0.212 e. The molecule has 0 spiro atoms. The normalized spacial score (nSPS) is 18.3. The van der Waals surface area contributed by atoms with E-state index in [0.29, 0.717) is 12.3 Å². The Balaban J connectivity index is 2.07. The van der Waals surface area contributed by atoms with E-state index in [4.69, 9.17) is 0 Å². The Bertz CT molecular complexity index is 537. The van der Waals surface area contributed by atoms with Gasteiger partial charge in [0.15, 0.2) is 0 Å². The van der Waals surface area contributed by atoms with Gasteiger partial charge < -0.3 is 0 Å². The van der Waals surface area contributed by atoms with Crippen molar-refractivity contribution in [3.05, 3.63) is 29.6 Å². The van der Waals surface area contributed by atoms with Gasteiger partial charge in [-0.05, 0) is 43.7 Å². The van der Waals surface area contributed by atoms with Crippen molar-refractivity contribution in [3.63, 3.8) is 0 Å². The van der Waals surface area contributed by atoms with E-state index in [2.05, 4.69) is 9.71 Å². The number of aryl methyl sites for hydroxylation is 1. The number of aromatic nitrogens is 1. The van der Waals surface area contributed by atoms with Gasteiger partial charge in [0.05, 0.1) is 17.5 Å². The Hall–Kier alpha value is -0.940. The van der Waals surface area contributed by atoms with Gasteiger partial charge in [-0.1, -0.05) is 25.8 Å². The highest BCUT2D eigenvalue weighted by molar-refractivity contribution is 7.89. The average Bonchev–Trinajstić information content (AvgIpc) is 2.89. The topological polar surface area (TPSA) is 59.1 Å². The summed E-state index contributed by atoms with van der Waals surface area (Å²) in [7, 11) is -3.23. The molecule has 1 fully saturated rings. The molecule has 0 bridgehead atoms. The van der Waals surface area contributed by atoms with Gasteiger partial charge in [-0.15, -0.1) is 0 Å². The second kappa shape index (κ2) is 6.68. The van der Waals surface area contributed by atoms with Crippen LogP contribution in [0.3, 0.4) is 0 Å². The molecule has 1 aliphatic rings. The number of nitrogens with zero attached hydrogens (tertiary/aromatic N) is 1. The Morgan fingerprint density at radius 2 is 2.10 bits per heavy atom. The molecule has 0 amide bonds. The minimum Gasteiger partial charge on any atom is -0.259 e. The van der Waals surface area contributed by atoms with E-state index in [1.165, 1.54) is 0 Å². The van der Waals surface area contributed by atoms with Crippen molar-refractivity contribution in [1.82, 2.24) is 9.71 Å². The zero-order chi connectivity index (χ0) is 14.6. The molecule has 1 N–H and O–H groups in total. The molecule has 0 aliphatic heterocycles. The molecule has 20 heavy (non-hydrogen) atoms. The molecule has 1 aliphatic carbocycles. The van der Waals surface area contributed by atoms with Crippen LogP contribution in [-0.2, 0) is 10.0 Å². The highest BCUT2D eigenvalue weighted by Crippen LogP contribution is 2.27. The number of hydrogen-bond acceptors (Lipinski definition) is 3.